The molecule has 1 aliphatic heterocycles. The maximum Gasteiger partial charge on any atom is 0.231 e. The molecule has 0 bridgehead atoms. The molecule has 18 heavy (non-hydrogen) atoms. The topological polar surface area (TPSA) is 68.9 Å². The highest BCUT2D eigenvalue weighted by Gasteiger charge is 2.13. The first-order valence-corrected chi connectivity index (χ1v) is 6.03. The molecule has 0 fully saturated rings. The van der Waals surface area contributed by atoms with E-state index in [4.69, 9.17) is 15.2 Å². The molecule has 1 atom stereocenters. The average Bonchev–Trinajstić information content (AvgIpc) is 2.75. The zero-order valence-electron chi connectivity index (χ0n) is 10.1. The zero-order valence-corrected chi connectivity index (χ0v) is 10.9. The quantitative estimate of drug-likeness (QED) is 0.489. The Balaban J connectivity index is 1.93. The lowest BCUT2D eigenvalue weighted by molar-refractivity contribution is 0.174. The Labute approximate surface area is 111 Å². The standard InChI is InChI=1S/C12H15N3O2S/c1-8(6-14-15-12(13)18)4-9-2-3-10-11(5-9)17-7-16-10/h2-3,5-6,8H,4,7H2,1H3,(H3,13,15,18)/b14-6+. The minimum Gasteiger partial charge on any atom is -0.454 e. The molecule has 5 nitrogen and oxygen atoms in total. The van der Waals surface area contributed by atoms with Gasteiger partial charge < -0.3 is 15.2 Å². The molecule has 0 spiro atoms. The predicted octanol–water partition coefficient (Wildman–Crippen LogP) is 1.41. The summed E-state index contributed by atoms with van der Waals surface area (Å²) in [6.07, 6.45) is 2.64. The molecule has 1 unspecified atom stereocenters. The zero-order chi connectivity index (χ0) is 13.0. The lowest BCUT2D eigenvalue weighted by Crippen LogP contribution is -2.24. The van der Waals surface area contributed by atoms with E-state index in [2.05, 4.69) is 29.7 Å². The second kappa shape index (κ2) is 5.68. The van der Waals surface area contributed by atoms with E-state index in [1.807, 2.05) is 18.2 Å². The summed E-state index contributed by atoms with van der Waals surface area (Å²) in [6.45, 7) is 2.36. The Morgan fingerprint density at radius 3 is 3.11 bits per heavy atom. The van der Waals surface area contributed by atoms with Crippen molar-refractivity contribution in [3.8, 4) is 11.5 Å². The Hall–Kier alpha value is -1.82. The highest BCUT2D eigenvalue weighted by molar-refractivity contribution is 7.80. The van der Waals surface area contributed by atoms with E-state index in [1.165, 1.54) is 5.56 Å². The highest BCUT2D eigenvalue weighted by atomic mass is 32.1. The Kier molecular flexibility index (Phi) is 3.99. The first-order chi connectivity index (χ1) is 8.65. The number of rotatable bonds is 4. The molecule has 0 amide bonds. The van der Waals surface area contributed by atoms with Crippen molar-refractivity contribution in [3.05, 3.63) is 23.8 Å². The smallest absolute Gasteiger partial charge is 0.231 e. The maximum absolute atomic E-state index is 5.33. The van der Waals surface area contributed by atoms with Gasteiger partial charge in [-0.15, -0.1) is 0 Å². The van der Waals surface area contributed by atoms with Crippen molar-refractivity contribution in [2.24, 2.45) is 16.8 Å². The molecular weight excluding hydrogens is 250 g/mol. The summed E-state index contributed by atoms with van der Waals surface area (Å²) in [7, 11) is 0. The van der Waals surface area contributed by atoms with Crippen LogP contribution in [0.5, 0.6) is 11.5 Å². The summed E-state index contributed by atoms with van der Waals surface area (Å²) in [6, 6.07) is 5.95. The third-order valence-corrected chi connectivity index (χ3v) is 2.59. The van der Waals surface area contributed by atoms with Crippen LogP contribution in [0.2, 0.25) is 0 Å². The minimum absolute atomic E-state index is 0.168. The number of thiocarbonyl (C=S) groups is 1. The number of hydrazone groups is 1. The van der Waals surface area contributed by atoms with E-state index in [0.717, 1.165) is 17.9 Å². The maximum atomic E-state index is 5.33. The largest absolute Gasteiger partial charge is 0.454 e. The van der Waals surface area contributed by atoms with E-state index in [9.17, 15) is 0 Å². The minimum atomic E-state index is 0.168. The molecule has 6 heteroatoms. The first kappa shape index (κ1) is 12.6. The van der Waals surface area contributed by atoms with Gasteiger partial charge in [0.25, 0.3) is 0 Å². The van der Waals surface area contributed by atoms with Gasteiger partial charge in [0.2, 0.25) is 6.79 Å². The lowest BCUT2D eigenvalue weighted by atomic mass is 10.0. The van der Waals surface area contributed by atoms with E-state index in [-0.39, 0.29) is 11.0 Å². The van der Waals surface area contributed by atoms with Crippen molar-refractivity contribution in [3.63, 3.8) is 0 Å². The van der Waals surface area contributed by atoms with Crippen molar-refractivity contribution < 1.29 is 9.47 Å². The van der Waals surface area contributed by atoms with Gasteiger partial charge in [-0.2, -0.15) is 5.10 Å². The van der Waals surface area contributed by atoms with Crippen molar-refractivity contribution >= 4 is 23.5 Å². The van der Waals surface area contributed by atoms with Crippen LogP contribution in [0.3, 0.4) is 0 Å². The van der Waals surface area contributed by atoms with Crippen LogP contribution in [0.15, 0.2) is 23.3 Å². The van der Waals surface area contributed by atoms with Crippen LogP contribution < -0.4 is 20.6 Å². The van der Waals surface area contributed by atoms with Crippen LogP contribution >= 0.6 is 12.2 Å². The first-order valence-electron chi connectivity index (χ1n) is 5.62. The summed E-state index contributed by atoms with van der Waals surface area (Å²) < 4.78 is 10.6. The van der Waals surface area contributed by atoms with Gasteiger partial charge in [-0.05, 0) is 42.3 Å². The number of nitrogens with zero attached hydrogens (tertiary/aromatic N) is 1. The number of nitrogens with two attached hydrogens (primary N) is 1. The highest BCUT2D eigenvalue weighted by Crippen LogP contribution is 2.32. The second-order valence-corrected chi connectivity index (χ2v) is 4.56. The normalized spacial score (nSPS) is 14.7. The molecule has 0 saturated heterocycles. The average molecular weight is 265 g/mol. The SMILES string of the molecule is CC(/C=N/NC(N)=S)Cc1ccc2c(c1)OCO2. The van der Waals surface area contributed by atoms with Crippen LogP contribution in [-0.2, 0) is 6.42 Å². The van der Waals surface area contributed by atoms with Gasteiger partial charge in [-0.3, -0.25) is 5.43 Å². The molecule has 1 aliphatic rings. The molecule has 1 aromatic rings. The number of ether oxygens (including phenoxy) is 2. The van der Waals surface area contributed by atoms with Crippen LogP contribution in [0.4, 0.5) is 0 Å². The number of benzene rings is 1. The molecular formula is C12H15N3O2S. The van der Waals surface area contributed by atoms with E-state index in [0.29, 0.717) is 6.79 Å². The Morgan fingerprint density at radius 1 is 1.56 bits per heavy atom. The molecule has 0 radical (unpaired) electrons. The Morgan fingerprint density at radius 2 is 2.33 bits per heavy atom. The summed E-state index contributed by atoms with van der Waals surface area (Å²) in [4.78, 5) is 0. The van der Waals surface area contributed by atoms with Crippen LogP contribution in [0.25, 0.3) is 0 Å². The number of nitrogens with one attached hydrogen (secondary N) is 1. The van der Waals surface area contributed by atoms with Gasteiger partial charge in [-0.1, -0.05) is 13.0 Å². The molecule has 0 aliphatic carbocycles. The fourth-order valence-electron chi connectivity index (χ4n) is 1.72. The van der Waals surface area contributed by atoms with E-state index in [1.54, 1.807) is 6.21 Å². The van der Waals surface area contributed by atoms with Crippen LogP contribution in [-0.4, -0.2) is 18.1 Å². The lowest BCUT2D eigenvalue weighted by Gasteiger charge is -2.06. The van der Waals surface area contributed by atoms with Crippen LogP contribution in [0.1, 0.15) is 12.5 Å². The monoisotopic (exact) mass is 265 g/mol. The van der Waals surface area contributed by atoms with Gasteiger partial charge >= 0.3 is 0 Å². The third-order valence-electron chi connectivity index (χ3n) is 2.50. The fourth-order valence-corrected chi connectivity index (χ4v) is 1.77. The summed E-state index contributed by atoms with van der Waals surface area (Å²) in [5, 5.41) is 4.11. The molecule has 1 aromatic carbocycles. The summed E-state index contributed by atoms with van der Waals surface area (Å²) >= 11 is 4.65. The molecule has 96 valence electrons. The van der Waals surface area contributed by atoms with Gasteiger partial charge in [0.1, 0.15) is 0 Å². The molecule has 1 heterocycles. The summed E-state index contributed by atoms with van der Waals surface area (Å²) in [5.74, 6) is 1.88. The van der Waals surface area contributed by atoms with Crippen molar-refractivity contribution in [2.75, 3.05) is 6.79 Å². The predicted molar refractivity (Wildman–Crippen MR) is 73.8 cm³/mol. The number of hydrogen-bond donors (Lipinski definition) is 2. The van der Waals surface area contributed by atoms with Crippen molar-refractivity contribution in [1.82, 2.24) is 5.43 Å². The van der Waals surface area contributed by atoms with Gasteiger partial charge in [0.05, 0.1) is 0 Å². The van der Waals surface area contributed by atoms with Crippen molar-refractivity contribution in [1.29, 1.82) is 0 Å². The van der Waals surface area contributed by atoms with E-state index < -0.39 is 0 Å². The molecule has 0 saturated carbocycles. The van der Waals surface area contributed by atoms with Crippen molar-refractivity contribution in [2.45, 2.75) is 13.3 Å². The van der Waals surface area contributed by atoms with Crippen LogP contribution in [0, 0.1) is 5.92 Å². The molecule has 3 N–H and O–H groups in total. The third kappa shape index (κ3) is 3.33. The Bertz CT molecular complexity index is 476. The summed E-state index contributed by atoms with van der Waals surface area (Å²) in [5.41, 5.74) is 8.98. The van der Waals surface area contributed by atoms with Gasteiger partial charge in [-0.25, -0.2) is 0 Å². The van der Waals surface area contributed by atoms with E-state index >= 15 is 0 Å². The number of hydrogen-bond acceptors (Lipinski definition) is 4. The second-order valence-electron chi connectivity index (χ2n) is 4.12. The number of fused-ring (bicyclic) bond motifs is 1. The molecule has 2 rings (SSSR count). The fraction of sp³-hybridized carbons (Fsp3) is 0.333. The van der Waals surface area contributed by atoms with Gasteiger partial charge in [0.15, 0.2) is 16.6 Å². The van der Waals surface area contributed by atoms with Gasteiger partial charge in [0, 0.05) is 6.21 Å². The molecule has 0 aromatic heterocycles.